The first-order valence-corrected chi connectivity index (χ1v) is 19.3. The van der Waals surface area contributed by atoms with Crippen molar-refractivity contribution < 1.29 is 0 Å². The maximum absolute atomic E-state index is 2.50. The van der Waals surface area contributed by atoms with E-state index in [1.807, 2.05) is 0 Å². The Morgan fingerprint density at radius 3 is 1.52 bits per heavy atom. The van der Waals surface area contributed by atoms with Gasteiger partial charge in [0.25, 0.3) is 0 Å². The van der Waals surface area contributed by atoms with Crippen LogP contribution in [-0.2, 0) is 16.6 Å². The SMILES string of the molecule is CCCCCCC[S+](CCCCCC)Cc1cc(N(c2ccccc2)c2ccc(-c3ccccc3)cc2)ccc1-c1ccccc1. The second-order valence-corrected chi connectivity index (χ2v) is 14.8. The molecule has 238 valence electrons. The lowest BCUT2D eigenvalue weighted by Crippen LogP contribution is -2.17. The lowest BCUT2D eigenvalue weighted by Gasteiger charge is -2.27. The lowest BCUT2D eigenvalue weighted by atomic mass is 9.99. The number of unbranched alkanes of at least 4 members (excludes halogenated alkanes) is 7. The van der Waals surface area contributed by atoms with Crippen molar-refractivity contribution >= 4 is 28.0 Å². The van der Waals surface area contributed by atoms with Gasteiger partial charge < -0.3 is 4.90 Å². The Morgan fingerprint density at radius 1 is 0.435 bits per heavy atom. The molecule has 5 aromatic carbocycles. The maximum Gasteiger partial charge on any atom is 0.133 e. The Morgan fingerprint density at radius 2 is 0.913 bits per heavy atom. The Kier molecular flexibility index (Phi) is 13.5. The molecule has 0 N–H and O–H groups in total. The topological polar surface area (TPSA) is 3.24 Å². The molecular formula is C44H52NS+. The molecule has 0 radical (unpaired) electrons. The summed E-state index contributed by atoms with van der Waals surface area (Å²) in [7, 11) is 0.378. The molecule has 0 saturated heterocycles. The van der Waals surface area contributed by atoms with E-state index < -0.39 is 0 Å². The zero-order valence-electron chi connectivity index (χ0n) is 28.0. The van der Waals surface area contributed by atoms with E-state index >= 15 is 0 Å². The molecule has 0 saturated carbocycles. The molecule has 0 fully saturated rings. The average molecular weight is 627 g/mol. The number of rotatable bonds is 18. The van der Waals surface area contributed by atoms with Gasteiger partial charge >= 0.3 is 0 Å². The van der Waals surface area contributed by atoms with Gasteiger partial charge in [0.05, 0.1) is 0 Å². The minimum atomic E-state index is 0.378. The molecule has 0 amide bonds. The highest BCUT2D eigenvalue weighted by Gasteiger charge is 2.23. The predicted molar refractivity (Wildman–Crippen MR) is 206 cm³/mol. The van der Waals surface area contributed by atoms with Gasteiger partial charge in [-0.05, 0) is 95.2 Å². The summed E-state index contributed by atoms with van der Waals surface area (Å²) in [5.41, 5.74) is 10.3. The minimum Gasteiger partial charge on any atom is -0.310 e. The largest absolute Gasteiger partial charge is 0.310 e. The molecule has 0 aliphatic heterocycles. The monoisotopic (exact) mass is 626 g/mol. The summed E-state index contributed by atoms with van der Waals surface area (Å²) in [6.07, 6.45) is 12.2. The second-order valence-electron chi connectivity index (χ2n) is 12.4. The molecule has 0 bridgehead atoms. The first-order chi connectivity index (χ1) is 22.8. The van der Waals surface area contributed by atoms with E-state index in [-0.39, 0.29) is 0 Å². The number of para-hydroxylation sites is 1. The zero-order chi connectivity index (χ0) is 31.8. The molecule has 1 atom stereocenters. The van der Waals surface area contributed by atoms with Crippen LogP contribution in [0.1, 0.15) is 77.2 Å². The molecule has 5 aromatic rings. The summed E-state index contributed by atoms with van der Waals surface area (Å²) in [5.74, 6) is 3.88. The summed E-state index contributed by atoms with van der Waals surface area (Å²) < 4.78 is 0. The minimum absolute atomic E-state index is 0.378. The van der Waals surface area contributed by atoms with Gasteiger partial charge in [-0.15, -0.1) is 0 Å². The summed E-state index contributed by atoms with van der Waals surface area (Å²) in [6.45, 7) is 4.63. The Labute approximate surface area is 282 Å². The Bertz CT molecular complexity index is 1550. The van der Waals surface area contributed by atoms with Gasteiger partial charge in [0, 0.05) is 22.6 Å². The molecular weight excluding hydrogens is 575 g/mol. The van der Waals surface area contributed by atoms with Crippen molar-refractivity contribution in [3.8, 4) is 22.3 Å². The summed E-state index contributed by atoms with van der Waals surface area (Å²) in [6, 6.07) is 48.8. The van der Waals surface area contributed by atoms with Crippen LogP contribution < -0.4 is 4.90 Å². The summed E-state index contributed by atoms with van der Waals surface area (Å²) >= 11 is 0. The van der Waals surface area contributed by atoms with Crippen molar-refractivity contribution in [3.05, 3.63) is 139 Å². The van der Waals surface area contributed by atoms with Crippen molar-refractivity contribution in [2.24, 2.45) is 0 Å². The van der Waals surface area contributed by atoms with E-state index in [1.54, 1.807) is 0 Å². The molecule has 1 nitrogen and oxygen atoms in total. The lowest BCUT2D eigenvalue weighted by molar-refractivity contribution is 0.657. The first-order valence-electron chi connectivity index (χ1n) is 17.6. The molecule has 5 rings (SSSR count). The normalized spacial score (nSPS) is 11.8. The average Bonchev–Trinajstić information content (AvgIpc) is 3.11. The fraction of sp³-hybridized carbons (Fsp3) is 0.318. The molecule has 46 heavy (non-hydrogen) atoms. The van der Waals surface area contributed by atoms with E-state index in [0.29, 0.717) is 10.9 Å². The third kappa shape index (κ3) is 9.63. The molecule has 0 aliphatic carbocycles. The number of anilines is 3. The van der Waals surface area contributed by atoms with E-state index in [4.69, 9.17) is 0 Å². The third-order valence-corrected chi connectivity index (χ3v) is 11.3. The van der Waals surface area contributed by atoms with E-state index in [9.17, 15) is 0 Å². The van der Waals surface area contributed by atoms with Crippen molar-refractivity contribution in [2.75, 3.05) is 16.4 Å². The number of hydrogen-bond acceptors (Lipinski definition) is 1. The fourth-order valence-electron chi connectivity index (χ4n) is 6.30. The number of hydrogen-bond donors (Lipinski definition) is 0. The standard InChI is InChI=1S/C44H52NS/c1-3-5-7-9-20-34-46(33-19-8-6-4-2)36-40-35-43(31-32-44(40)39-23-15-11-16-24-39)45(41-25-17-12-18-26-41)42-29-27-38(28-30-42)37-21-13-10-14-22-37/h10-18,21-32,35H,3-9,19-20,33-34,36H2,1-2H3/q+1. The van der Waals surface area contributed by atoms with Gasteiger partial charge in [-0.3, -0.25) is 0 Å². The van der Waals surface area contributed by atoms with Gasteiger partial charge in [-0.1, -0.05) is 143 Å². The molecule has 0 heterocycles. The number of nitrogens with zero attached hydrogens (tertiary/aromatic N) is 1. The highest BCUT2D eigenvalue weighted by molar-refractivity contribution is 7.96. The summed E-state index contributed by atoms with van der Waals surface area (Å²) in [5, 5.41) is 0. The van der Waals surface area contributed by atoms with Crippen LogP contribution >= 0.6 is 0 Å². The van der Waals surface area contributed by atoms with Crippen LogP contribution in [0.3, 0.4) is 0 Å². The Balaban J connectivity index is 1.50. The van der Waals surface area contributed by atoms with Crippen LogP contribution in [0.2, 0.25) is 0 Å². The second kappa shape index (κ2) is 18.4. The molecule has 0 spiro atoms. The highest BCUT2D eigenvalue weighted by Crippen LogP contribution is 2.38. The van der Waals surface area contributed by atoms with Crippen LogP contribution in [0.4, 0.5) is 17.1 Å². The van der Waals surface area contributed by atoms with Crippen LogP contribution in [0.25, 0.3) is 22.3 Å². The van der Waals surface area contributed by atoms with E-state index in [0.717, 1.165) is 5.75 Å². The van der Waals surface area contributed by atoms with Crippen LogP contribution in [0.15, 0.2) is 133 Å². The third-order valence-electron chi connectivity index (χ3n) is 8.86. The molecule has 0 aromatic heterocycles. The van der Waals surface area contributed by atoms with Crippen LogP contribution in [-0.4, -0.2) is 11.5 Å². The van der Waals surface area contributed by atoms with Crippen molar-refractivity contribution in [3.63, 3.8) is 0 Å². The van der Waals surface area contributed by atoms with Gasteiger partial charge in [0.2, 0.25) is 0 Å². The van der Waals surface area contributed by atoms with Crippen molar-refractivity contribution in [2.45, 2.75) is 77.4 Å². The molecule has 0 aliphatic rings. The zero-order valence-corrected chi connectivity index (χ0v) is 28.9. The quantitative estimate of drug-likeness (QED) is 0.0691. The van der Waals surface area contributed by atoms with Gasteiger partial charge in [0.15, 0.2) is 0 Å². The summed E-state index contributed by atoms with van der Waals surface area (Å²) in [4.78, 5) is 2.43. The van der Waals surface area contributed by atoms with Gasteiger partial charge in [-0.25, -0.2) is 0 Å². The van der Waals surface area contributed by atoms with Gasteiger partial charge in [0.1, 0.15) is 17.3 Å². The molecule has 1 unspecified atom stereocenters. The highest BCUT2D eigenvalue weighted by atomic mass is 32.2. The van der Waals surface area contributed by atoms with Crippen molar-refractivity contribution in [1.29, 1.82) is 0 Å². The van der Waals surface area contributed by atoms with Crippen LogP contribution in [0.5, 0.6) is 0 Å². The first kappa shape index (κ1) is 33.6. The van der Waals surface area contributed by atoms with Crippen molar-refractivity contribution in [1.82, 2.24) is 0 Å². The number of benzene rings is 5. The maximum atomic E-state index is 2.50. The van der Waals surface area contributed by atoms with Crippen LogP contribution in [0, 0.1) is 0 Å². The smallest absolute Gasteiger partial charge is 0.133 e. The van der Waals surface area contributed by atoms with E-state index in [2.05, 4.69) is 152 Å². The molecule has 2 heteroatoms. The van der Waals surface area contributed by atoms with Gasteiger partial charge in [-0.2, -0.15) is 0 Å². The Hall–Kier alpha value is -3.75. The fourth-order valence-corrected chi connectivity index (χ4v) is 8.70. The predicted octanol–water partition coefficient (Wildman–Crippen LogP) is 13.2. The van der Waals surface area contributed by atoms with E-state index in [1.165, 1.54) is 114 Å².